The number of anilines is 2. The number of fused-ring (bicyclic) bond motifs is 1. The molecule has 0 unspecified atom stereocenters. The minimum Gasteiger partial charge on any atom is -0.508 e. The number of nitrogens with zero attached hydrogens (tertiary/aromatic N) is 3. The molecule has 2 heterocycles. The van der Waals surface area contributed by atoms with Gasteiger partial charge in [0.05, 0.1) is 29.2 Å². The van der Waals surface area contributed by atoms with E-state index in [1.165, 1.54) is 11.8 Å². The molecule has 3 aromatic carbocycles. The van der Waals surface area contributed by atoms with Crippen molar-refractivity contribution in [2.24, 2.45) is 4.99 Å². The molecule has 0 aliphatic carbocycles. The van der Waals surface area contributed by atoms with Gasteiger partial charge in [0.15, 0.2) is 5.17 Å². The lowest BCUT2D eigenvalue weighted by atomic mass is 10.2. The quantitative estimate of drug-likeness (QED) is 0.514. The summed E-state index contributed by atoms with van der Waals surface area (Å²) in [6.07, 6.45) is 0. The molecule has 2 aliphatic rings. The van der Waals surface area contributed by atoms with Gasteiger partial charge in [0.1, 0.15) is 16.4 Å². The van der Waals surface area contributed by atoms with Crippen LogP contribution < -0.4 is 14.5 Å². The fourth-order valence-corrected chi connectivity index (χ4v) is 5.80. The van der Waals surface area contributed by atoms with Crippen LogP contribution in [0.1, 0.15) is 0 Å². The van der Waals surface area contributed by atoms with Crippen LogP contribution >= 0.6 is 23.5 Å². The van der Waals surface area contributed by atoms with Crippen LogP contribution in [0.3, 0.4) is 0 Å². The van der Waals surface area contributed by atoms with Gasteiger partial charge in [0.25, 0.3) is 5.91 Å². The molecule has 1 saturated heterocycles. The number of thioether (sulfide) groups is 2. The van der Waals surface area contributed by atoms with Gasteiger partial charge in [-0.25, -0.2) is 4.99 Å². The van der Waals surface area contributed by atoms with Crippen molar-refractivity contribution >= 4 is 51.7 Å². The number of hydrogen-bond donors (Lipinski definition) is 1. The van der Waals surface area contributed by atoms with Crippen molar-refractivity contribution < 1.29 is 14.6 Å². The fraction of sp³-hybridized carbons (Fsp3) is 0.0833. The average Bonchev–Trinajstić information content (AvgIpc) is 3.31. The number of benzene rings is 3. The van der Waals surface area contributed by atoms with Crippen molar-refractivity contribution in [2.45, 2.75) is 4.90 Å². The van der Waals surface area contributed by atoms with Crippen molar-refractivity contribution in [3.05, 3.63) is 82.7 Å². The lowest BCUT2D eigenvalue weighted by molar-refractivity contribution is -0.113. The number of amides is 1. The second kappa shape index (κ2) is 8.29. The molecule has 0 saturated carbocycles. The molecular weight excluding hydrogens is 442 g/mol. The van der Waals surface area contributed by atoms with Crippen LogP contribution in [0.4, 0.5) is 17.1 Å². The summed E-state index contributed by atoms with van der Waals surface area (Å²) >= 11 is 2.91. The zero-order chi connectivity index (χ0) is 22.2. The third kappa shape index (κ3) is 3.61. The summed E-state index contributed by atoms with van der Waals surface area (Å²) in [6.45, 7) is 0. The Labute approximate surface area is 194 Å². The Kier molecular flexibility index (Phi) is 5.32. The molecule has 0 radical (unpaired) electrons. The first kappa shape index (κ1) is 20.5. The molecule has 6 nitrogen and oxygen atoms in total. The molecule has 32 heavy (non-hydrogen) atoms. The van der Waals surface area contributed by atoms with E-state index in [4.69, 9.17) is 9.73 Å². The van der Waals surface area contributed by atoms with E-state index in [0.717, 1.165) is 27.0 Å². The predicted molar refractivity (Wildman–Crippen MR) is 131 cm³/mol. The van der Waals surface area contributed by atoms with Gasteiger partial charge in [-0.1, -0.05) is 30.0 Å². The first-order chi connectivity index (χ1) is 15.5. The number of amidine groups is 1. The van der Waals surface area contributed by atoms with Crippen LogP contribution in [0.5, 0.6) is 11.5 Å². The van der Waals surface area contributed by atoms with Crippen LogP contribution in [-0.4, -0.2) is 30.3 Å². The Bertz CT molecular complexity index is 1260. The number of phenols is 1. The average molecular weight is 462 g/mol. The Morgan fingerprint density at radius 3 is 2.44 bits per heavy atom. The number of ether oxygens (including phenoxy) is 1. The van der Waals surface area contributed by atoms with E-state index in [0.29, 0.717) is 15.8 Å². The van der Waals surface area contributed by atoms with Crippen molar-refractivity contribution in [1.82, 2.24) is 0 Å². The van der Waals surface area contributed by atoms with Gasteiger partial charge in [-0.2, -0.15) is 0 Å². The van der Waals surface area contributed by atoms with Crippen molar-refractivity contribution in [3.63, 3.8) is 0 Å². The normalized spacial score (nSPS) is 19.1. The number of hydrogen-bond acceptors (Lipinski definition) is 7. The number of methoxy groups -OCH3 is 1. The number of rotatable bonds is 3. The second-order valence-corrected chi connectivity index (χ2v) is 9.13. The highest BCUT2D eigenvalue weighted by atomic mass is 32.2. The molecule has 8 heteroatoms. The molecule has 2 aliphatic heterocycles. The largest absolute Gasteiger partial charge is 0.508 e. The Morgan fingerprint density at radius 1 is 0.969 bits per heavy atom. The summed E-state index contributed by atoms with van der Waals surface area (Å²) in [7, 11) is 3.59. The Balaban J connectivity index is 1.60. The van der Waals surface area contributed by atoms with Crippen LogP contribution in [0.2, 0.25) is 0 Å². The number of para-hydroxylation sites is 1. The second-order valence-electron chi connectivity index (χ2n) is 7.12. The highest BCUT2D eigenvalue weighted by Gasteiger charge is 2.40. The summed E-state index contributed by atoms with van der Waals surface area (Å²) in [5.74, 6) is 0.762. The van der Waals surface area contributed by atoms with E-state index in [1.807, 2.05) is 60.5 Å². The first-order valence-corrected chi connectivity index (χ1v) is 11.5. The molecule has 1 fully saturated rings. The summed E-state index contributed by atoms with van der Waals surface area (Å²) in [6, 6.07) is 22.0. The minimum atomic E-state index is -0.149. The third-order valence-electron chi connectivity index (χ3n) is 5.10. The molecule has 160 valence electrons. The van der Waals surface area contributed by atoms with E-state index in [9.17, 15) is 9.90 Å². The van der Waals surface area contributed by atoms with Gasteiger partial charge in [-0.05, 0) is 60.3 Å². The predicted octanol–water partition coefficient (Wildman–Crippen LogP) is 5.58. The molecule has 5 rings (SSSR count). The minimum absolute atomic E-state index is 0.142. The molecule has 1 N–H and O–H groups in total. The summed E-state index contributed by atoms with van der Waals surface area (Å²) in [4.78, 5) is 23.7. The SMILES string of the molecule is COc1ccc2c(c1)N(C)/C(=C1/SC(=Nc3ccccc3)N(c3ccc(O)cc3)C1=O)S2. The molecule has 0 atom stereocenters. The van der Waals surface area contributed by atoms with E-state index in [1.54, 1.807) is 48.0 Å². The molecule has 1 amide bonds. The number of carbonyl (C=O) groups is 1. The van der Waals surface area contributed by atoms with Crippen LogP contribution in [-0.2, 0) is 4.79 Å². The maximum Gasteiger partial charge on any atom is 0.274 e. The monoisotopic (exact) mass is 461 g/mol. The number of aliphatic imine (C=N–C) groups is 1. The third-order valence-corrected chi connectivity index (χ3v) is 7.50. The van der Waals surface area contributed by atoms with E-state index >= 15 is 0 Å². The molecule has 3 aromatic rings. The molecule has 0 aromatic heterocycles. The number of carbonyl (C=O) groups excluding carboxylic acids is 1. The van der Waals surface area contributed by atoms with Crippen LogP contribution in [0.15, 0.2) is 92.6 Å². The maximum atomic E-state index is 13.6. The standard InChI is InChI=1S/C24H19N3O3S2/c1-26-19-14-18(30-2)12-13-20(19)31-23(26)21-22(29)27(16-8-10-17(28)11-9-16)24(32-21)25-15-6-4-3-5-7-15/h3-14,28H,1-2H3/b23-21-,25-24?. The van der Waals surface area contributed by atoms with Gasteiger partial charge in [0, 0.05) is 18.0 Å². The molecule has 0 bridgehead atoms. The number of phenolic OH excluding ortho intramolecular Hbond substituents is 1. The van der Waals surface area contributed by atoms with Crippen LogP contribution in [0, 0.1) is 0 Å². The maximum absolute atomic E-state index is 13.6. The van der Waals surface area contributed by atoms with Gasteiger partial charge in [0.2, 0.25) is 0 Å². The lowest BCUT2D eigenvalue weighted by Gasteiger charge is -2.17. The Hall–Kier alpha value is -3.36. The summed E-state index contributed by atoms with van der Waals surface area (Å²) in [5, 5.41) is 11.1. The van der Waals surface area contributed by atoms with E-state index in [-0.39, 0.29) is 11.7 Å². The Morgan fingerprint density at radius 2 is 1.72 bits per heavy atom. The highest BCUT2D eigenvalue weighted by Crippen LogP contribution is 2.51. The van der Waals surface area contributed by atoms with Crippen molar-refractivity contribution in [1.29, 1.82) is 0 Å². The topological polar surface area (TPSA) is 65.4 Å². The van der Waals surface area contributed by atoms with E-state index < -0.39 is 0 Å². The smallest absolute Gasteiger partial charge is 0.274 e. The highest BCUT2D eigenvalue weighted by molar-refractivity contribution is 8.20. The van der Waals surface area contributed by atoms with Gasteiger partial charge < -0.3 is 14.7 Å². The van der Waals surface area contributed by atoms with Gasteiger partial charge in [-0.3, -0.25) is 9.69 Å². The number of aromatic hydroxyl groups is 1. The first-order valence-electron chi connectivity index (χ1n) is 9.84. The summed E-state index contributed by atoms with van der Waals surface area (Å²) < 4.78 is 5.37. The zero-order valence-electron chi connectivity index (χ0n) is 17.4. The van der Waals surface area contributed by atoms with E-state index in [2.05, 4.69) is 0 Å². The van der Waals surface area contributed by atoms with Gasteiger partial charge >= 0.3 is 0 Å². The van der Waals surface area contributed by atoms with Crippen molar-refractivity contribution in [2.75, 3.05) is 24.0 Å². The molecular formula is C24H19N3O3S2. The van der Waals surface area contributed by atoms with Crippen molar-refractivity contribution in [3.8, 4) is 11.5 Å². The lowest BCUT2D eigenvalue weighted by Crippen LogP contribution is -2.29. The summed E-state index contributed by atoms with van der Waals surface area (Å²) in [5.41, 5.74) is 2.41. The molecule has 0 spiro atoms. The van der Waals surface area contributed by atoms with Gasteiger partial charge in [-0.15, -0.1) is 0 Å². The van der Waals surface area contributed by atoms with Crippen LogP contribution in [0.25, 0.3) is 0 Å². The zero-order valence-corrected chi connectivity index (χ0v) is 19.0. The fourth-order valence-electron chi connectivity index (χ4n) is 3.47.